The lowest BCUT2D eigenvalue weighted by Gasteiger charge is -2.22. The standard InChI is InChI=1S/C22H27N7O4/c1-12(26-21(32)33-22(2,3)4)11-25-20-28-18(16(17(23)30)19(31)29-20)27-14-7-8-15-13(10-14)6-5-9-24-15/h5-10,12H,11H2,1-4H3,(H2,23,30)(H,26,32)(H3,25,27,28,29,31)/t12-/m0/s1. The van der Waals surface area contributed by atoms with E-state index in [0.717, 1.165) is 10.9 Å². The molecule has 2 amide bonds. The molecule has 33 heavy (non-hydrogen) atoms. The van der Waals surface area contributed by atoms with Crippen LogP contribution in [-0.2, 0) is 4.74 Å². The van der Waals surface area contributed by atoms with E-state index < -0.39 is 23.2 Å². The van der Waals surface area contributed by atoms with Gasteiger partial charge >= 0.3 is 6.09 Å². The molecule has 6 N–H and O–H groups in total. The van der Waals surface area contributed by atoms with E-state index in [1.54, 1.807) is 52.1 Å². The summed E-state index contributed by atoms with van der Waals surface area (Å²) in [6.07, 6.45) is 1.13. The molecule has 2 heterocycles. The number of primary amides is 1. The van der Waals surface area contributed by atoms with Crippen LogP contribution in [0.2, 0.25) is 0 Å². The molecule has 1 atom stereocenters. The Kier molecular flexibility index (Phi) is 6.80. The van der Waals surface area contributed by atoms with Crippen LogP contribution in [0.3, 0.4) is 0 Å². The van der Waals surface area contributed by atoms with Gasteiger partial charge in [-0.2, -0.15) is 4.98 Å². The number of nitrogens with zero attached hydrogens (tertiary/aromatic N) is 2. The molecule has 11 heteroatoms. The predicted octanol–water partition coefficient (Wildman–Crippen LogP) is 2.49. The lowest BCUT2D eigenvalue weighted by molar-refractivity contribution is 0.0511. The third-order valence-electron chi connectivity index (χ3n) is 4.37. The Balaban J connectivity index is 1.78. The van der Waals surface area contributed by atoms with Crippen molar-refractivity contribution in [1.29, 1.82) is 0 Å². The molecule has 2 aromatic heterocycles. The first-order chi connectivity index (χ1) is 15.5. The molecule has 174 valence electrons. The summed E-state index contributed by atoms with van der Waals surface area (Å²) in [4.78, 5) is 47.4. The van der Waals surface area contributed by atoms with Crippen LogP contribution < -0.4 is 27.2 Å². The maximum absolute atomic E-state index is 12.5. The van der Waals surface area contributed by atoms with Crippen LogP contribution in [0, 0.1) is 0 Å². The van der Waals surface area contributed by atoms with Crippen molar-refractivity contribution in [3.05, 3.63) is 52.4 Å². The quantitative estimate of drug-likeness (QED) is 0.364. The van der Waals surface area contributed by atoms with Gasteiger partial charge in [0.2, 0.25) is 5.95 Å². The summed E-state index contributed by atoms with van der Waals surface area (Å²) in [6, 6.07) is 8.72. The zero-order valence-electron chi connectivity index (χ0n) is 18.9. The minimum absolute atomic E-state index is 0.00439. The average molecular weight is 454 g/mol. The number of H-pyrrole nitrogens is 1. The molecule has 0 aliphatic rings. The molecule has 0 unspecified atom stereocenters. The monoisotopic (exact) mass is 453 g/mol. The Morgan fingerprint density at radius 2 is 2.00 bits per heavy atom. The fourth-order valence-corrected chi connectivity index (χ4v) is 2.98. The largest absolute Gasteiger partial charge is 0.444 e. The fourth-order valence-electron chi connectivity index (χ4n) is 2.98. The Hall–Kier alpha value is -4.15. The molecule has 0 saturated heterocycles. The Morgan fingerprint density at radius 3 is 2.70 bits per heavy atom. The lowest BCUT2D eigenvalue weighted by atomic mass is 10.2. The molecule has 0 aliphatic heterocycles. The number of carbonyl (C=O) groups excluding carboxylic acids is 2. The fraction of sp³-hybridized carbons (Fsp3) is 0.318. The SMILES string of the molecule is C[C@@H](CNc1nc(Nc2ccc3ncccc3c2)c(C(N)=O)c(=O)[nH]1)NC(=O)OC(C)(C)C. The van der Waals surface area contributed by atoms with Gasteiger partial charge in [0, 0.05) is 29.9 Å². The first-order valence-electron chi connectivity index (χ1n) is 10.3. The summed E-state index contributed by atoms with van der Waals surface area (Å²) >= 11 is 0. The zero-order valence-corrected chi connectivity index (χ0v) is 18.9. The molecule has 0 fully saturated rings. The van der Waals surface area contributed by atoms with Crippen molar-refractivity contribution in [2.45, 2.75) is 39.3 Å². The summed E-state index contributed by atoms with van der Waals surface area (Å²) in [6.45, 7) is 7.30. The van der Waals surface area contributed by atoms with E-state index in [1.165, 1.54) is 0 Å². The molecule has 0 saturated carbocycles. The van der Waals surface area contributed by atoms with Gasteiger partial charge in [0.15, 0.2) is 5.82 Å². The second-order valence-electron chi connectivity index (χ2n) is 8.47. The van der Waals surface area contributed by atoms with Gasteiger partial charge in [-0.05, 0) is 52.0 Å². The van der Waals surface area contributed by atoms with Gasteiger partial charge in [-0.15, -0.1) is 0 Å². The van der Waals surface area contributed by atoms with Crippen LogP contribution >= 0.6 is 0 Å². The van der Waals surface area contributed by atoms with E-state index in [9.17, 15) is 14.4 Å². The van der Waals surface area contributed by atoms with Crippen molar-refractivity contribution in [2.24, 2.45) is 5.73 Å². The number of hydrogen-bond donors (Lipinski definition) is 5. The molecule has 3 aromatic rings. The maximum Gasteiger partial charge on any atom is 0.407 e. The molecular weight excluding hydrogens is 426 g/mol. The summed E-state index contributed by atoms with van der Waals surface area (Å²) in [5.74, 6) is -0.808. The second kappa shape index (κ2) is 9.55. The number of carbonyl (C=O) groups is 2. The lowest BCUT2D eigenvalue weighted by Crippen LogP contribution is -2.41. The van der Waals surface area contributed by atoms with E-state index in [0.29, 0.717) is 5.69 Å². The average Bonchev–Trinajstić information content (AvgIpc) is 2.70. The number of fused-ring (bicyclic) bond motifs is 1. The molecule has 11 nitrogen and oxygen atoms in total. The number of alkyl carbamates (subject to hydrolysis) is 1. The highest BCUT2D eigenvalue weighted by atomic mass is 16.6. The summed E-state index contributed by atoms with van der Waals surface area (Å²) < 4.78 is 5.22. The van der Waals surface area contributed by atoms with Gasteiger partial charge in [-0.25, -0.2) is 4.79 Å². The number of rotatable bonds is 7. The highest BCUT2D eigenvalue weighted by molar-refractivity contribution is 5.98. The Labute approximate surface area is 190 Å². The smallest absolute Gasteiger partial charge is 0.407 e. The van der Waals surface area contributed by atoms with Crippen molar-refractivity contribution in [3.63, 3.8) is 0 Å². The highest BCUT2D eigenvalue weighted by Crippen LogP contribution is 2.22. The van der Waals surface area contributed by atoms with Crippen LogP contribution in [-0.4, -0.2) is 45.1 Å². The van der Waals surface area contributed by atoms with Crippen molar-refractivity contribution >= 4 is 40.4 Å². The highest BCUT2D eigenvalue weighted by Gasteiger charge is 2.19. The first kappa shape index (κ1) is 23.5. The van der Waals surface area contributed by atoms with Gasteiger partial charge in [0.1, 0.15) is 11.2 Å². The van der Waals surface area contributed by atoms with Gasteiger partial charge in [-0.1, -0.05) is 6.07 Å². The number of ether oxygens (including phenoxy) is 1. The van der Waals surface area contributed by atoms with Gasteiger partial charge in [-0.3, -0.25) is 19.6 Å². The van der Waals surface area contributed by atoms with E-state index >= 15 is 0 Å². The normalized spacial score (nSPS) is 12.1. The minimum atomic E-state index is -0.916. The van der Waals surface area contributed by atoms with Crippen LogP contribution in [0.1, 0.15) is 38.1 Å². The second-order valence-corrected chi connectivity index (χ2v) is 8.47. The summed E-state index contributed by atoms with van der Waals surface area (Å²) in [5.41, 5.74) is 5.19. The summed E-state index contributed by atoms with van der Waals surface area (Å²) in [7, 11) is 0. The van der Waals surface area contributed by atoms with Crippen LogP contribution in [0.5, 0.6) is 0 Å². The Morgan fingerprint density at radius 1 is 1.24 bits per heavy atom. The molecule has 0 radical (unpaired) electrons. The molecule has 0 aliphatic carbocycles. The van der Waals surface area contributed by atoms with E-state index in [4.69, 9.17) is 10.5 Å². The maximum atomic E-state index is 12.5. The molecule has 1 aromatic carbocycles. The minimum Gasteiger partial charge on any atom is -0.444 e. The van der Waals surface area contributed by atoms with Gasteiger partial charge < -0.3 is 26.4 Å². The van der Waals surface area contributed by atoms with Crippen molar-refractivity contribution in [1.82, 2.24) is 20.3 Å². The van der Waals surface area contributed by atoms with Crippen LogP contribution in [0.25, 0.3) is 10.9 Å². The number of nitrogens with two attached hydrogens (primary N) is 1. The molecule has 0 bridgehead atoms. The topological polar surface area (TPSA) is 164 Å². The third-order valence-corrected chi connectivity index (χ3v) is 4.37. The van der Waals surface area contributed by atoms with Crippen LogP contribution in [0.15, 0.2) is 41.3 Å². The number of anilines is 3. The Bertz CT molecular complexity index is 1230. The van der Waals surface area contributed by atoms with Gasteiger partial charge in [0.05, 0.1) is 5.52 Å². The van der Waals surface area contributed by atoms with E-state index in [1.807, 2.05) is 12.1 Å². The number of aromatic nitrogens is 3. The number of nitrogens with one attached hydrogen (secondary N) is 4. The van der Waals surface area contributed by atoms with E-state index in [-0.39, 0.29) is 29.9 Å². The van der Waals surface area contributed by atoms with E-state index in [2.05, 4.69) is 30.9 Å². The van der Waals surface area contributed by atoms with Crippen molar-refractivity contribution < 1.29 is 14.3 Å². The predicted molar refractivity (Wildman–Crippen MR) is 126 cm³/mol. The van der Waals surface area contributed by atoms with Gasteiger partial charge in [0.25, 0.3) is 11.5 Å². The van der Waals surface area contributed by atoms with Crippen LogP contribution in [0.4, 0.5) is 22.2 Å². The summed E-state index contributed by atoms with van der Waals surface area (Å²) in [5, 5.41) is 9.47. The molecular formula is C22H27N7O4. The number of pyridine rings is 1. The number of hydrogen-bond acceptors (Lipinski definition) is 8. The number of amides is 2. The van der Waals surface area contributed by atoms with Crippen molar-refractivity contribution in [2.75, 3.05) is 17.2 Å². The zero-order chi connectivity index (χ0) is 24.2. The first-order valence-corrected chi connectivity index (χ1v) is 10.3. The molecule has 3 rings (SSSR count). The molecule has 0 spiro atoms. The number of benzene rings is 1. The number of aromatic amines is 1. The third kappa shape index (κ3) is 6.42. The van der Waals surface area contributed by atoms with Crippen molar-refractivity contribution in [3.8, 4) is 0 Å².